The van der Waals surface area contributed by atoms with Crippen molar-refractivity contribution >= 4 is 43.8 Å². The van der Waals surface area contributed by atoms with E-state index >= 15 is 0 Å². The van der Waals surface area contributed by atoms with Crippen molar-refractivity contribution < 1.29 is 17.9 Å². The number of amides is 1. The van der Waals surface area contributed by atoms with Gasteiger partial charge >= 0.3 is 0 Å². The zero-order valence-corrected chi connectivity index (χ0v) is 21.1. The summed E-state index contributed by atoms with van der Waals surface area (Å²) in [7, 11) is -2.16. The molecular weight excluding hydrogens is 508 g/mol. The molecule has 1 aromatic heterocycles. The minimum Gasteiger partial charge on any atom is -0.497 e. The maximum Gasteiger partial charge on any atom is 0.260 e. The minimum atomic E-state index is -3.68. The molecule has 1 N–H and O–H groups in total. The Morgan fingerprint density at radius 2 is 1.85 bits per heavy atom. The number of carbonyl (C=O) groups is 1. The van der Waals surface area contributed by atoms with E-state index in [-0.39, 0.29) is 0 Å². The number of ether oxygens (including phenoxy) is 1. The number of nitrogens with zero attached hydrogens (tertiary/aromatic N) is 3. The Hall–Kier alpha value is -3.11. The number of para-hydroxylation sites is 1. The highest BCUT2D eigenvalue weighted by molar-refractivity contribution is 9.10. The number of methoxy groups -OCH3 is 1. The Morgan fingerprint density at radius 1 is 1.18 bits per heavy atom. The molecule has 0 aliphatic heterocycles. The van der Waals surface area contributed by atoms with Crippen LogP contribution in [0, 0.1) is 13.8 Å². The van der Waals surface area contributed by atoms with E-state index in [2.05, 4.69) is 31.0 Å². The fourth-order valence-corrected chi connectivity index (χ4v) is 4.73. The molecule has 0 saturated heterocycles. The van der Waals surface area contributed by atoms with Gasteiger partial charge < -0.3 is 9.30 Å². The topological polar surface area (TPSA) is 93.0 Å². The second kappa shape index (κ2) is 10.2. The SMILES string of the molecule is COc1ccc(N(CC(=O)N/N=C\c2cc(C)n(-c3ccccc3Br)c2C)S(C)(=O)=O)cc1. The Labute approximate surface area is 202 Å². The van der Waals surface area contributed by atoms with Crippen molar-refractivity contribution in [2.45, 2.75) is 13.8 Å². The number of nitrogens with one attached hydrogen (secondary N) is 1. The average molecular weight is 533 g/mol. The monoisotopic (exact) mass is 532 g/mol. The molecule has 0 bridgehead atoms. The van der Waals surface area contributed by atoms with Gasteiger partial charge in [-0.25, -0.2) is 13.8 Å². The number of carbonyl (C=O) groups excluding carboxylic acids is 1. The zero-order chi connectivity index (χ0) is 24.2. The van der Waals surface area contributed by atoms with E-state index in [1.165, 1.54) is 7.11 Å². The lowest BCUT2D eigenvalue weighted by Gasteiger charge is -2.21. The summed E-state index contributed by atoms with van der Waals surface area (Å²) in [6.45, 7) is 3.55. The first-order chi connectivity index (χ1) is 15.6. The number of halogens is 1. The van der Waals surface area contributed by atoms with Gasteiger partial charge in [0.15, 0.2) is 0 Å². The summed E-state index contributed by atoms with van der Waals surface area (Å²) in [5.41, 5.74) is 6.56. The first kappa shape index (κ1) is 24.5. The van der Waals surface area contributed by atoms with Gasteiger partial charge in [0, 0.05) is 21.4 Å². The van der Waals surface area contributed by atoms with E-state index in [4.69, 9.17) is 4.74 Å². The normalized spacial score (nSPS) is 11.5. The molecule has 8 nitrogen and oxygen atoms in total. The summed E-state index contributed by atoms with van der Waals surface area (Å²) in [4.78, 5) is 12.4. The molecule has 174 valence electrons. The molecule has 0 aliphatic rings. The molecule has 0 aliphatic carbocycles. The van der Waals surface area contributed by atoms with Crippen LogP contribution in [0.15, 0.2) is 64.2 Å². The van der Waals surface area contributed by atoms with E-state index in [1.807, 2.05) is 44.2 Å². The van der Waals surface area contributed by atoms with Crippen LogP contribution in [-0.2, 0) is 14.8 Å². The van der Waals surface area contributed by atoms with Gasteiger partial charge in [0.2, 0.25) is 10.0 Å². The first-order valence-corrected chi connectivity index (χ1v) is 12.6. The minimum absolute atomic E-state index is 0.356. The molecule has 0 saturated carbocycles. The highest BCUT2D eigenvalue weighted by Gasteiger charge is 2.21. The molecule has 1 heterocycles. The molecule has 1 amide bonds. The fraction of sp³-hybridized carbons (Fsp3) is 0.217. The third-order valence-electron chi connectivity index (χ3n) is 5.00. The summed E-state index contributed by atoms with van der Waals surface area (Å²) in [5, 5.41) is 4.04. The molecule has 3 aromatic rings. The van der Waals surface area contributed by atoms with Crippen LogP contribution in [0.5, 0.6) is 5.75 Å². The smallest absolute Gasteiger partial charge is 0.260 e. The standard InChI is InChI=1S/C23H25BrN4O4S/c1-16-13-18(17(2)28(16)22-8-6-5-7-21(22)24)14-25-26-23(29)15-27(33(4,30)31)19-9-11-20(32-3)12-10-19/h5-14H,15H2,1-4H3,(H,26,29)/b25-14-. The molecule has 2 aromatic carbocycles. The number of hydrazone groups is 1. The lowest BCUT2D eigenvalue weighted by atomic mass is 10.2. The predicted octanol–water partition coefficient (Wildman–Crippen LogP) is 3.78. The highest BCUT2D eigenvalue weighted by Crippen LogP contribution is 2.26. The summed E-state index contributed by atoms with van der Waals surface area (Å²) in [6.07, 6.45) is 2.59. The maximum atomic E-state index is 12.4. The predicted molar refractivity (Wildman–Crippen MR) is 134 cm³/mol. The lowest BCUT2D eigenvalue weighted by molar-refractivity contribution is -0.119. The number of aromatic nitrogens is 1. The second-order valence-electron chi connectivity index (χ2n) is 7.37. The summed E-state index contributed by atoms with van der Waals surface area (Å²) < 4.78 is 33.6. The third-order valence-corrected chi connectivity index (χ3v) is 6.82. The fourth-order valence-electron chi connectivity index (χ4n) is 3.41. The molecule has 33 heavy (non-hydrogen) atoms. The van der Waals surface area contributed by atoms with Crippen LogP contribution in [0.1, 0.15) is 17.0 Å². The lowest BCUT2D eigenvalue weighted by Crippen LogP contribution is -2.39. The van der Waals surface area contributed by atoms with Gasteiger partial charge in [-0.1, -0.05) is 12.1 Å². The molecule has 3 rings (SSSR count). The van der Waals surface area contributed by atoms with Crippen LogP contribution in [0.25, 0.3) is 5.69 Å². The number of sulfonamides is 1. The first-order valence-electron chi connectivity index (χ1n) is 9.99. The van der Waals surface area contributed by atoms with E-state index in [9.17, 15) is 13.2 Å². The van der Waals surface area contributed by atoms with Gasteiger partial charge in [-0.2, -0.15) is 5.10 Å². The van der Waals surface area contributed by atoms with Crippen molar-refractivity contribution in [1.29, 1.82) is 0 Å². The largest absolute Gasteiger partial charge is 0.497 e. The van der Waals surface area contributed by atoms with Crippen LogP contribution in [0.3, 0.4) is 0 Å². The molecule has 0 spiro atoms. The molecule has 0 unspecified atom stereocenters. The molecular formula is C23H25BrN4O4S. The van der Waals surface area contributed by atoms with Gasteiger partial charge in [-0.3, -0.25) is 9.10 Å². The molecule has 10 heteroatoms. The van der Waals surface area contributed by atoms with Crippen LogP contribution < -0.4 is 14.5 Å². The van der Waals surface area contributed by atoms with Gasteiger partial charge in [0.25, 0.3) is 5.91 Å². The molecule has 0 fully saturated rings. The number of aryl methyl sites for hydroxylation is 1. The maximum absolute atomic E-state index is 12.4. The van der Waals surface area contributed by atoms with Crippen LogP contribution in [0.4, 0.5) is 5.69 Å². The number of rotatable bonds is 8. The number of anilines is 1. The van der Waals surface area contributed by atoms with E-state index in [1.54, 1.807) is 30.5 Å². The Kier molecular flexibility index (Phi) is 7.60. The van der Waals surface area contributed by atoms with Crippen molar-refractivity contribution in [1.82, 2.24) is 9.99 Å². The van der Waals surface area contributed by atoms with E-state index < -0.39 is 22.5 Å². The Balaban J connectivity index is 1.74. The zero-order valence-electron chi connectivity index (χ0n) is 18.7. The number of benzene rings is 2. The Morgan fingerprint density at radius 3 is 2.45 bits per heavy atom. The van der Waals surface area contributed by atoms with Crippen LogP contribution in [-0.4, -0.2) is 45.0 Å². The van der Waals surface area contributed by atoms with Crippen molar-refractivity contribution in [2.75, 3.05) is 24.2 Å². The summed E-state index contributed by atoms with van der Waals surface area (Å²) in [6, 6.07) is 16.3. The Bertz CT molecular complexity index is 1280. The average Bonchev–Trinajstić information content (AvgIpc) is 3.05. The third kappa shape index (κ3) is 5.82. The van der Waals surface area contributed by atoms with E-state index in [0.29, 0.717) is 11.4 Å². The van der Waals surface area contributed by atoms with Crippen LogP contribution >= 0.6 is 15.9 Å². The van der Waals surface area contributed by atoms with Crippen molar-refractivity contribution in [3.8, 4) is 11.4 Å². The highest BCUT2D eigenvalue weighted by atomic mass is 79.9. The second-order valence-corrected chi connectivity index (χ2v) is 10.1. The van der Waals surface area contributed by atoms with Gasteiger partial charge in [-0.15, -0.1) is 0 Å². The van der Waals surface area contributed by atoms with Gasteiger partial charge in [0.05, 0.1) is 31.0 Å². The summed E-state index contributed by atoms with van der Waals surface area (Å²) >= 11 is 3.58. The molecule has 0 atom stereocenters. The van der Waals surface area contributed by atoms with Crippen molar-refractivity contribution in [3.05, 3.63) is 76.0 Å². The van der Waals surface area contributed by atoms with Crippen molar-refractivity contribution in [3.63, 3.8) is 0 Å². The number of hydrogen-bond donors (Lipinski definition) is 1. The van der Waals surface area contributed by atoms with Crippen molar-refractivity contribution in [2.24, 2.45) is 5.10 Å². The van der Waals surface area contributed by atoms with Gasteiger partial charge in [-0.05, 0) is 72.2 Å². The van der Waals surface area contributed by atoms with E-state index in [0.717, 1.165) is 37.7 Å². The molecule has 0 radical (unpaired) electrons. The summed E-state index contributed by atoms with van der Waals surface area (Å²) in [5.74, 6) is 0.0217. The van der Waals surface area contributed by atoms with Crippen LogP contribution in [0.2, 0.25) is 0 Å². The number of hydrogen-bond acceptors (Lipinski definition) is 5. The van der Waals surface area contributed by atoms with Gasteiger partial charge in [0.1, 0.15) is 12.3 Å². The quantitative estimate of drug-likeness (QED) is 0.353.